The molecule has 4 rings (SSSR count). The van der Waals surface area contributed by atoms with Gasteiger partial charge in [-0.3, -0.25) is 13.9 Å². The Labute approximate surface area is 186 Å². The van der Waals surface area contributed by atoms with Crippen molar-refractivity contribution >= 4 is 22.5 Å². The molecule has 166 valence electrons. The van der Waals surface area contributed by atoms with Gasteiger partial charge in [-0.25, -0.2) is 9.97 Å². The first-order valence-electron chi connectivity index (χ1n) is 11.1. The second-order valence-electron chi connectivity index (χ2n) is 8.37. The number of amides is 1. The van der Waals surface area contributed by atoms with Crippen molar-refractivity contribution in [1.82, 2.24) is 19.8 Å². The lowest BCUT2D eigenvalue weighted by molar-refractivity contribution is 0.0767. The van der Waals surface area contributed by atoms with Crippen molar-refractivity contribution in [1.29, 1.82) is 0 Å². The molecule has 1 unspecified atom stereocenters. The van der Waals surface area contributed by atoms with Crippen LogP contribution in [0.4, 0.5) is 5.82 Å². The third kappa shape index (κ3) is 5.13. The first kappa shape index (κ1) is 21.9. The van der Waals surface area contributed by atoms with Crippen molar-refractivity contribution < 1.29 is 9.00 Å². The summed E-state index contributed by atoms with van der Waals surface area (Å²) in [6.07, 6.45) is 6.17. The van der Waals surface area contributed by atoms with Crippen LogP contribution in [-0.4, -0.2) is 55.8 Å². The van der Waals surface area contributed by atoms with E-state index in [0.29, 0.717) is 30.2 Å². The minimum atomic E-state index is -1.30. The van der Waals surface area contributed by atoms with E-state index in [0.717, 1.165) is 31.5 Å². The number of aromatic nitrogens is 2. The van der Waals surface area contributed by atoms with E-state index < -0.39 is 10.8 Å². The lowest BCUT2D eigenvalue weighted by Crippen LogP contribution is -2.24. The minimum absolute atomic E-state index is 0.0661. The van der Waals surface area contributed by atoms with E-state index in [4.69, 9.17) is 0 Å². The highest BCUT2D eigenvalue weighted by atomic mass is 32.2. The summed E-state index contributed by atoms with van der Waals surface area (Å²) in [7, 11) is -1.30. The number of hydrogen-bond donors (Lipinski definition) is 1. The zero-order valence-electron chi connectivity index (χ0n) is 18.4. The number of likely N-dealkylation sites (tertiary alicyclic amines) is 1. The lowest BCUT2D eigenvalue weighted by Gasteiger charge is -2.17. The van der Waals surface area contributed by atoms with Gasteiger partial charge < -0.3 is 10.2 Å². The number of fused-ring (bicyclic) bond motifs is 1. The van der Waals surface area contributed by atoms with Crippen LogP contribution in [0.15, 0.2) is 29.4 Å². The highest BCUT2D eigenvalue weighted by Gasteiger charge is 2.33. The SMILES string of the molecule is CCCCNc1nc(S(C)=O)nc2c1C(=O)N(Cc1ccc(CN3CCCC3)cc1)C2. The van der Waals surface area contributed by atoms with Crippen molar-refractivity contribution in [2.75, 3.05) is 31.2 Å². The van der Waals surface area contributed by atoms with Crippen LogP contribution in [-0.2, 0) is 30.4 Å². The number of nitrogens with zero attached hydrogens (tertiary/aromatic N) is 4. The summed E-state index contributed by atoms with van der Waals surface area (Å²) in [5.74, 6) is 0.445. The summed E-state index contributed by atoms with van der Waals surface area (Å²) >= 11 is 0. The van der Waals surface area contributed by atoms with Crippen molar-refractivity contribution in [2.45, 2.75) is 57.4 Å². The minimum Gasteiger partial charge on any atom is -0.369 e. The van der Waals surface area contributed by atoms with Crippen LogP contribution in [0, 0.1) is 0 Å². The van der Waals surface area contributed by atoms with Crippen LogP contribution in [0.3, 0.4) is 0 Å². The Morgan fingerprint density at radius 1 is 1.06 bits per heavy atom. The van der Waals surface area contributed by atoms with Crippen LogP contribution in [0.5, 0.6) is 0 Å². The molecule has 1 aromatic heterocycles. The number of carbonyl (C=O) groups is 1. The van der Waals surface area contributed by atoms with Gasteiger partial charge in [-0.2, -0.15) is 0 Å². The fourth-order valence-electron chi connectivity index (χ4n) is 4.17. The molecule has 0 spiro atoms. The first-order valence-corrected chi connectivity index (χ1v) is 12.7. The lowest BCUT2D eigenvalue weighted by atomic mass is 10.1. The average molecular weight is 442 g/mol. The Hall–Kier alpha value is -2.32. The summed E-state index contributed by atoms with van der Waals surface area (Å²) in [6.45, 7) is 7.14. The highest BCUT2D eigenvalue weighted by molar-refractivity contribution is 7.84. The van der Waals surface area contributed by atoms with E-state index in [9.17, 15) is 9.00 Å². The maximum absolute atomic E-state index is 13.2. The van der Waals surface area contributed by atoms with Crippen LogP contribution < -0.4 is 5.32 Å². The Bertz CT molecular complexity index is 957. The average Bonchev–Trinajstić information content (AvgIpc) is 3.37. The van der Waals surface area contributed by atoms with E-state index in [1.807, 2.05) is 0 Å². The van der Waals surface area contributed by atoms with Gasteiger partial charge >= 0.3 is 0 Å². The number of carbonyl (C=O) groups excluding carboxylic acids is 1. The molecule has 7 nitrogen and oxygen atoms in total. The highest BCUT2D eigenvalue weighted by Crippen LogP contribution is 2.29. The molecule has 3 heterocycles. The Morgan fingerprint density at radius 2 is 1.74 bits per heavy atom. The summed E-state index contributed by atoms with van der Waals surface area (Å²) in [5.41, 5.74) is 3.59. The van der Waals surface area contributed by atoms with E-state index in [2.05, 4.69) is 51.4 Å². The number of anilines is 1. The normalized spacial score (nSPS) is 17.2. The van der Waals surface area contributed by atoms with Gasteiger partial charge in [0.2, 0.25) is 5.16 Å². The molecule has 1 amide bonds. The van der Waals surface area contributed by atoms with E-state index in [1.165, 1.54) is 31.5 Å². The molecule has 1 saturated heterocycles. The largest absolute Gasteiger partial charge is 0.369 e. The van der Waals surface area contributed by atoms with Crippen molar-refractivity contribution in [2.24, 2.45) is 0 Å². The summed E-state index contributed by atoms with van der Waals surface area (Å²) < 4.78 is 12.0. The molecule has 1 aromatic carbocycles. The Kier molecular flexibility index (Phi) is 6.97. The molecule has 2 aromatic rings. The topological polar surface area (TPSA) is 78.4 Å². The maximum atomic E-state index is 13.2. The number of nitrogens with one attached hydrogen (secondary N) is 1. The molecular formula is C23H31N5O2S. The van der Waals surface area contributed by atoms with Crippen molar-refractivity contribution in [3.63, 3.8) is 0 Å². The molecule has 2 aliphatic rings. The molecule has 1 N–H and O–H groups in total. The van der Waals surface area contributed by atoms with Gasteiger partial charge in [0.15, 0.2) is 0 Å². The molecule has 0 saturated carbocycles. The summed E-state index contributed by atoms with van der Waals surface area (Å²) in [6, 6.07) is 8.55. The van der Waals surface area contributed by atoms with Crippen LogP contribution in [0.1, 0.15) is 59.8 Å². The molecule has 8 heteroatoms. The van der Waals surface area contributed by atoms with Gasteiger partial charge in [0.05, 0.1) is 23.0 Å². The van der Waals surface area contributed by atoms with E-state index in [1.54, 1.807) is 11.2 Å². The van der Waals surface area contributed by atoms with Crippen molar-refractivity contribution in [3.8, 4) is 0 Å². The molecule has 0 radical (unpaired) electrons. The number of benzene rings is 1. The number of hydrogen-bond acceptors (Lipinski definition) is 6. The summed E-state index contributed by atoms with van der Waals surface area (Å²) in [4.78, 5) is 26.3. The Morgan fingerprint density at radius 3 is 2.39 bits per heavy atom. The molecule has 0 aliphatic carbocycles. The van der Waals surface area contributed by atoms with Gasteiger partial charge in [0.1, 0.15) is 11.4 Å². The predicted molar refractivity (Wildman–Crippen MR) is 122 cm³/mol. The third-order valence-electron chi connectivity index (χ3n) is 5.89. The quantitative estimate of drug-likeness (QED) is 0.476. The molecular weight excluding hydrogens is 410 g/mol. The second kappa shape index (κ2) is 9.87. The van der Waals surface area contributed by atoms with Crippen LogP contribution >= 0.6 is 0 Å². The van der Waals surface area contributed by atoms with Gasteiger partial charge in [-0.1, -0.05) is 37.6 Å². The first-order chi connectivity index (χ1) is 15.0. The molecule has 1 atom stereocenters. The Balaban J connectivity index is 1.47. The standard InChI is InChI=1S/C23H31N5O2S/c1-3-4-11-24-21-20-19(25-23(26-21)31(2)30)16-28(22(20)29)15-18-9-7-17(8-10-18)14-27-12-5-6-13-27/h7-10H,3-6,11-16H2,1-2H3,(H,24,25,26). The zero-order chi connectivity index (χ0) is 21.8. The van der Waals surface area contributed by atoms with E-state index >= 15 is 0 Å². The fraction of sp³-hybridized carbons (Fsp3) is 0.522. The number of unbranched alkanes of at least 4 members (excludes halogenated alkanes) is 1. The second-order valence-corrected chi connectivity index (χ2v) is 9.65. The van der Waals surface area contributed by atoms with Crippen LogP contribution in [0.25, 0.3) is 0 Å². The smallest absolute Gasteiger partial charge is 0.260 e. The molecule has 31 heavy (non-hydrogen) atoms. The predicted octanol–water partition coefficient (Wildman–Crippen LogP) is 3.18. The molecule has 1 fully saturated rings. The summed E-state index contributed by atoms with van der Waals surface area (Å²) in [5, 5.41) is 3.54. The van der Waals surface area contributed by atoms with Gasteiger partial charge in [-0.15, -0.1) is 0 Å². The van der Waals surface area contributed by atoms with Crippen LogP contribution in [0.2, 0.25) is 0 Å². The van der Waals surface area contributed by atoms with Crippen molar-refractivity contribution in [3.05, 3.63) is 46.6 Å². The van der Waals surface area contributed by atoms with Gasteiger partial charge in [-0.05, 0) is 43.5 Å². The third-order valence-corrected chi connectivity index (χ3v) is 6.58. The monoisotopic (exact) mass is 441 g/mol. The molecule has 0 bridgehead atoms. The molecule has 2 aliphatic heterocycles. The number of rotatable bonds is 9. The zero-order valence-corrected chi connectivity index (χ0v) is 19.2. The fourth-order valence-corrected chi connectivity index (χ4v) is 4.63. The maximum Gasteiger partial charge on any atom is 0.260 e. The van der Waals surface area contributed by atoms with Gasteiger partial charge in [0, 0.05) is 25.9 Å². The van der Waals surface area contributed by atoms with E-state index in [-0.39, 0.29) is 11.1 Å². The van der Waals surface area contributed by atoms with Gasteiger partial charge in [0.25, 0.3) is 5.91 Å².